The van der Waals surface area contributed by atoms with Gasteiger partial charge in [0.25, 0.3) is 0 Å². The van der Waals surface area contributed by atoms with Crippen molar-refractivity contribution in [2.45, 2.75) is 70.1 Å². The molecule has 35 heavy (non-hydrogen) atoms. The largest absolute Gasteiger partial charge is 0.481 e. The molecule has 0 rings (SSSR count). The minimum Gasteiger partial charge on any atom is -0.481 e. The van der Waals surface area contributed by atoms with Crippen LogP contribution in [0.2, 0.25) is 0 Å². The molecular formula is C20H37N7O8. The number of aliphatic hydroxyl groups excluding tert-OH is 1. The molecule has 0 aliphatic heterocycles. The van der Waals surface area contributed by atoms with E-state index in [0.717, 1.165) is 0 Å². The second-order valence-corrected chi connectivity index (χ2v) is 8.32. The molecule has 0 heterocycles. The Morgan fingerprint density at radius 2 is 1.40 bits per heavy atom. The lowest BCUT2D eigenvalue weighted by Crippen LogP contribution is -2.58. The van der Waals surface area contributed by atoms with Crippen LogP contribution in [0.15, 0.2) is 4.99 Å². The molecule has 0 radical (unpaired) electrons. The molecule has 0 aromatic rings. The van der Waals surface area contributed by atoms with E-state index in [1.165, 1.54) is 0 Å². The number of carbonyl (C=O) groups excluding carboxylic acids is 3. The van der Waals surface area contributed by atoms with Gasteiger partial charge in [-0.1, -0.05) is 13.8 Å². The van der Waals surface area contributed by atoms with Gasteiger partial charge in [0.2, 0.25) is 17.7 Å². The number of aliphatic carboxylic acids is 2. The highest BCUT2D eigenvalue weighted by Crippen LogP contribution is 2.08. The molecule has 0 aliphatic rings. The lowest BCUT2D eigenvalue weighted by molar-refractivity contribution is -0.142. The average Bonchev–Trinajstić information content (AvgIpc) is 2.75. The zero-order chi connectivity index (χ0) is 27.1. The smallest absolute Gasteiger partial charge is 0.326 e. The van der Waals surface area contributed by atoms with Crippen LogP contribution < -0.4 is 33.2 Å². The van der Waals surface area contributed by atoms with Crippen LogP contribution in [0.3, 0.4) is 0 Å². The van der Waals surface area contributed by atoms with Crippen LogP contribution >= 0.6 is 0 Å². The lowest BCUT2D eigenvalue weighted by Gasteiger charge is -2.25. The van der Waals surface area contributed by atoms with Crippen LogP contribution in [0.1, 0.15) is 46.0 Å². The zero-order valence-corrected chi connectivity index (χ0v) is 19.9. The SMILES string of the molecule is CC(C)CC(NC(=O)C(CO)NC(=O)C(N)CCC(=O)O)C(=O)NC(CCCN=C(N)N)C(=O)O. The van der Waals surface area contributed by atoms with Crippen LogP contribution in [0.5, 0.6) is 0 Å². The Morgan fingerprint density at radius 3 is 1.89 bits per heavy atom. The summed E-state index contributed by atoms with van der Waals surface area (Å²) in [5.41, 5.74) is 16.0. The van der Waals surface area contributed by atoms with Crippen LogP contribution in [-0.2, 0) is 24.0 Å². The Kier molecular flexibility index (Phi) is 14.6. The Labute approximate surface area is 202 Å². The first-order chi connectivity index (χ1) is 16.3. The highest BCUT2D eigenvalue weighted by atomic mass is 16.4. The summed E-state index contributed by atoms with van der Waals surface area (Å²) >= 11 is 0. The van der Waals surface area contributed by atoms with E-state index in [0.29, 0.717) is 0 Å². The standard InChI is InChI=1S/C20H37N7O8/c1-10(2)8-13(17(32)25-12(19(34)35)4-3-7-24-20(22)23)26-18(33)14(9-28)27-16(31)11(21)5-6-15(29)30/h10-14,28H,3-9,21H2,1-2H3,(H,25,32)(H,26,33)(H,27,31)(H,29,30)(H,34,35)(H4,22,23,24). The number of aliphatic imine (C=N–C) groups is 1. The summed E-state index contributed by atoms with van der Waals surface area (Å²) < 4.78 is 0. The highest BCUT2D eigenvalue weighted by molar-refractivity contribution is 5.94. The Bertz CT molecular complexity index is 771. The molecule has 12 N–H and O–H groups in total. The predicted octanol–water partition coefficient (Wildman–Crippen LogP) is -3.19. The van der Waals surface area contributed by atoms with Gasteiger partial charge in [0.15, 0.2) is 5.96 Å². The molecule has 15 heteroatoms. The molecule has 4 atom stereocenters. The van der Waals surface area contributed by atoms with Gasteiger partial charge in [-0.05, 0) is 31.6 Å². The minimum atomic E-state index is -1.46. The van der Waals surface area contributed by atoms with Gasteiger partial charge < -0.3 is 48.5 Å². The molecule has 0 aromatic carbocycles. The maximum atomic E-state index is 12.8. The van der Waals surface area contributed by atoms with Crippen molar-refractivity contribution in [1.29, 1.82) is 0 Å². The number of hydrogen-bond acceptors (Lipinski definition) is 8. The fourth-order valence-corrected chi connectivity index (χ4v) is 2.89. The van der Waals surface area contributed by atoms with Gasteiger partial charge in [-0.3, -0.25) is 24.2 Å². The number of amides is 3. The number of rotatable bonds is 17. The fourth-order valence-electron chi connectivity index (χ4n) is 2.89. The Balaban J connectivity index is 5.22. The monoisotopic (exact) mass is 503 g/mol. The summed E-state index contributed by atoms with van der Waals surface area (Å²) in [6.45, 7) is 2.91. The van der Waals surface area contributed by atoms with Crippen molar-refractivity contribution in [3.05, 3.63) is 0 Å². The quantitative estimate of drug-likeness (QED) is 0.0541. The van der Waals surface area contributed by atoms with Gasteiger partial charge in [0, 0.05) is 13.0 Å². The zero-order valence-electron chi connectivity index (χ0n) is 19.9. The van der Waals surface area contributed by atoms with E-state index in [2.05, 4.69) is 20.9 Å². The minimum absolute atomic E-state index is 0.0315. The van der Waals surface area contributed by atoms with Crippen molar-refractivity contribution < 1.29 is 39.3 Å². The molecule has 3 amide bonds. The van der Waals surface area contributed by atoms with E-state index >= 15 is 0 Å². The first-order valence-electron chi connectivity index (χ1n) is 11.1. The first-order valence-corrected chi connectivity index (χ1v) is 11.1. The Morgan fingerprint density at radius 1 is 0.857 bits per heavy atom. The molecule has 0 bridgehead atoms. The van der Waals surface area contributed by atoms with Gasteiger partial charge in [0.05, 0.1) is 12.6 Å². The molecule has 0 saturated heterocycles. The molecule has 0 spiro atoms. The number of aliphatic hydroxyl groups is 1. The molecule has 0 fully saturated rings. The van der Waals surface area contributed by atoms with Gasteiger partial charge in [-0.2, -0.15) is 0 Å². The number of nitrogens with zero attached hydrogens (tertiary/aromatic N) is 1. The molecule has 4 unspecified atom stereocenters. The summed E-state index contributed by atoms with van der Waals surface area (Å²) in [5, 5.41) is 34.6. The summed E-state index contributed by atoms with van der Waals surface area (Å²) in [4.78, 5) is 63.5. The molecule has 0 aromatic heterocycles. The molecule has 0 aliphatic carbocycles. The van der Waals surface area contributed by atoms with Gasteiger partial charge in [-0.15, -0.1) is 0 Å². The molecular weight excluding hydrogens is 466 g/mol. The second kappa shape index (κ2) is 16.2. The van der Waals surface area contributed by atoms with Crippen molar-refractivity contribution in [3.8, 4) is 0 Å². The maximum absolute atomic E-state index is 12.8. The maximum Gasteiger partial charge on any atom is 0.326 e. The molecule has 0 saturated carbocycles. The van der Waals surface area contributed by atoms with Gasteiger partial charge in [-0.25, -0.2) is 4.79 Å². The number of carboxylic acid groups (broad SMARTS) is 2. The number of carboxylic acids is 2. The van der Waals surface area contributed by atoms with Crippen LogP contribution in [0, 0.1) is 5.92 Å². The Hall–Kier alpha value is -3.46. The summed E-state index contributed by atoms with van der Waals surface area (Å²) in [5.74, 6) is -5.17. The fraction of sp³-hybridized carbons (Fsp3) is 0.700. The van der Waals surface area contributed by atoms with E-state index in [4.69, 9.17) is 22.3 Å². The number of carbonyl (C=O) groups is 5. The van der Waals surface area contributed by atoms with Crippen molar-refractivity contribution >= 4 is 35.6 Å². The third-order valence-electron chi connectivity index (χ3n) is 4.72. The van der Waals surface area contributed by atoms with Crippen molar-refractivity contribution in [3.63, 3.8) is 0 Å². The van der Waals surface area contributed by atoms with E-state index in [-0.39, 0.29) is 50.5 Å². The topological polar surface area (TPSA) is 273 Å². The number of hydrogen-bond donors (Lipinski definition) is 9. The number of nitrogens with one attached hydrogen (secondary N) is 3. The van der Waals surface area contributed by atoms with E-state index < -0.39 is 60.4 Å². The molecule has 15 nitrogen and oxygen atoms in total. The van der Waals surface area contributed by atoms with Crippen LogP contribution in [0.4, 0.5) is 0 Å². The van der Waals surface area contributed by atoms with E-state index in [1.807, 2.05) is 0 Å². The first kappa shape index (κ1) is 31.5. The average molecular weight is 504 g/mol. The van der Waals surface area contributed by atoms with E-state index in [9.17, 15) is 34.2 Å². The lowest BCUT2D eigenvalue weighted by atomic mass is 10.0. The third kappa shape index (κ3) is 13.7. The summed E-state index contributed by atoms with van der Waals surface area (Å²) in [7, 11) is 0. The normalized spacial score (nSPS) is 14.2. The van der Waals surface area contributed by atoms with Gasteiger partial charge in [0.1, 0.15) is 18.1 Å². The second-order valence-electron chi connectivity index (χ2n) is 8.32. The number of guanidine groups is 1. The van der Waals surface area contributed by atoms with Crippen molar-refractivity contribution in [1.82, 2.24) is 16.0 Å². The van der Waals surface area contributed by atoms with Crippen molar-refractivity contribution in [2.75, 3.05) is 13.2 Å². The van der Waals surface area contributed by atoms with Crippen LogP contribution in [0.25, 0.3) is 0 Å². The van der Waals surface area contributed by atoms with Crippen LogP contribution in [-0.4, -0.2) is 88.3 Å². The van der Waals surface area contributed by atoms with E-state index in [1.54, 1.807) is 13.8 Å². The predicted molar refractivity (Wildman–Crippen MR) is 125 cm³/mol. The van der Waals surface area contributed by atoms with Crippen molar-refractivity contribution in [2.24, 2.45) is 28.1 Å². The third-order valence-corrected chi connectivity index (χ3v) is 4.72. The van der Waals surface area contributed by atoms with Gasteiger partial charge >= 0.3 is 11.9 Å². The summed E-state index contributed by atoms with van der Waals surface area (Å²) in [6.07, 6.45) is -0.0972. The highest BCUT2D eigenvalue weighted by Gasteiger charge is 2.30. The molecule has 200 valence electrons. The summed E-state index contributed by atoms with van der Waals surface area (Å²) in [6, 6.07) is -5.11. The number of nitrogens with two attached hydrogens (primary N) is 3.